The highest BCUT2D eigenvalue weighted by molar-refractivity contribution is 5.97. The second-order valence-electron chi connectivity index (χ2n) is 3.96. The molecule has 8 heteroatoms. The zero-order valence-corrected chi connectivity index (χ0v) is 10.5. The van der Waals surface area contributed by atoms with Crippen molar-refractivity contribution >= 4 is 11.8 Å². The summed E-state index contributed by atoms with van der Waals surface area (Å²) in [5.41, 5.74) is 0.413. The van der Waals surface area contributed by atoms with Gasteiger partial charge in [-0.15, -0.1) is 0 Å². The lowest BCUT2D eigenvalue weighted by Gasteiger charge is -2.06. The number of halogens is 2. The van der Waals surface area contributed by atoms with Crippen LogP contribution in [0.4, 0.5) is 8.78 Å². The van der Waals surface area contributed by atoms with Crippen molar-refractivity contribution in [3.63, 3.8) is 0 Å². The van der Waals surface area contributed by atoms with Gasteiger partial charge in [0, 0.05) is 24.2 Å². The zero-order chi connectivity index (χ0) is 14.7. The van der Waals surface area contributed by atoms with Gasteiger partial charge in [-0.25, -0.2) is 9.78 Å². The van der Waals surface area contributed by atoms with Gasteiger partial charge in [0.25, 0.3) is 0 Å². The zero-order valence-electron chi connectivity index (χ0n) is 10.5. The third-order valence-electron chi connectivity index (χ3n) is 2.60. The molecule has 2 aromatic rings. The number of carbonyl (C=O) groups is 2. The number of H-pyrrole nitrogens is 1. The Balaban J connectivity index is 2.01. The van der Waals surface area contributed by atoms with Crippen LogP contribution in [0, 0.1) is 0 Å². The summed E-state index contributed by atoms with van der Waals surface area (Å²) in [6.07, 6.45) is 3.66. The van der Waals surface area contributed by atoms with E-state index >= 15 is 0 Å². The van der Waals surface area contributed by atoms with Crippen molar-refractivity contribution in [3.8, 4) is 0 Å². The number of nitrogens with one attached hydrogen (secondary N) is 1. The largest absolute Gasteiger partial charge is 0.453 e. The monoisotopic (exact) mass is 283 g/mol. The highest BCUT2D eigenvalue weighted by atomic mass is 19.3. The summed E-state index contributed by atoms with van der Waals surface area (Å²) in [5.74, 6) is -1.01. The Morgan fingerprint density at radius 3 is 2.85 bits per heavy atom. The standard InChI is InChI=1S/C12H11F2N3O3/c1-7(18)8-4-9(16-5-8)11(19)20-6-10-15-2-3-17(10)12(13)14/h2-5,12,16H,6H2,1H3. The number of ether oxygens (including phenoxy) is 1. The Morgan fingerprint density at radius 2 is 2.25 bits per heavy atom. The van der Waals surface area contributed by atoms with Crippen LogP contribution in [-0.4, -0.2) is 26.3 Å². The summed E-state index contributed by atoms with van der Waals surface area (Å²) in [6.45, 7) is -1.77. The fourth-order valence-corrected chi connectivity index (χ4v) is 1.56. The van der Waals surface area contributed by atoms with E-state index in [2.05, 4.69) is 9.97 Å². The van der Waals surface area contributed by atoms with Gasteiger partial charge in [0.05, 0.1) is 0 Å². The normalized spacial score (nSPS) is 10.8. The number of rotatable bonds is 5. The van der Waals surface area contributed by atoms with Crippen LogP contribution in [0.5, 0.6) is 0 Å². The smallest absolute Gasteiger partial charge is 0.355 e. The van der Waals surface area contributed by atoms with Crippen LogP contribution in [0.25, 0.3) is 0 Å². The first kappa shape index (κ1) is 13.9. The average Bonchev–Trinajstić information content (AvgIpc) is 3.04. The fraction of sp³-hybridized carbons (Fsp3) is 0.250. The minimum absolute atomic E-state index is 0.0632. The number of hydrogen-bond acceptors (Lipinski definition) is 4. The minimum Gasteiger partial charge on any atom is -0.453 e. The number of imidazole rings is 1. The average molecular weight is 283 g/mol. The summed E-state index contributed by atoms with van der Waals surface area (Å²) in [4.78, 5) is 29.0. The molecular weight excluding hydrogens is 272 g/mol. The lowest BCUT2D eigenvalue weighted by atomic mass is 10.2. The van der Waals surface area contributed by atoms with Gasteiger partial charge in [0.1, 0.15) is 12.3 Å². The lowest BCUT2D eigenvalue weighted by Crippen LogP contribution is -2.10. The van der Waals surface area contributed by atoms with Crippen molar-refractivity contribution in [1.29, 1.82) is 0 Å². The molecule has 0 saturated heterocycles. The second-order valence-corrected chi connectivity index (χ2v) is 3.96. The van der Waals surface area contributed by atoms with Crippen LogP contribution < -0.4 is 0 Å². The Bertz CT molecular complexity index is 633. The third-order valence-corrected chi connectivity index (χ3v) is 2.60. The molecule has 0 saturated carbocycles. The Kier molecular flexibility index (Phi) is 3.92. The molecule has 0 radical (unpaired) electrons. The number of hydrogen-bond donors (Lipinski definition) is 1. The van der Waals surface area contributed by atoms with E-state index in [1.54, 1.807) is 0 Å². The van der Waals surface area contributed by atoms with Gasteiger partial charge in [-0.3, -0.25) is 9.36 Å². The molecule has 0 aliphatic rings. The predicted octanol–water partition coefficient (Wildman–Crippen LogP) is 2.17. The Hall–Kier alpha value is -2.51. The molecule has 20 heavy (non-hydrogen) atoms. The van der Waals surface area contributed by atoms with Gasteiger partial charge in [0.15, 0.2) is 11.6 Å². The number of aromatic nitrogens is 3. The fourth-order valence-electron chi connectivity index (χ4n) is 1.56. The Labute approximate surface area is 112 Å². The summed E-state index contributed by atoms with van der Waals surface area (Å²) in [5, 5.41) is 0. The van der Waals surface area contributed by atoms with E-state index in [-0.39, 0.29) is 23.9 Å². The lowest BCUT2D eigenvalue weighted by molar-refractivity contribution is 0.0371. The van der Waals surface area contributed by atoms with Gasteiger partial charge < -0.3 is 9.72 Å². The third kappa shape index (κ3) is 2.90. The predicted molar refractivity (Wildman–Crippen MR) is 63.4 cm³/mol. The van der Waals surface area contributed by atoms with Crippen LogP contribution in [0.3, 0.4) is 0 Å². The molecule has 0 bridgehead atoms. The van der Waals surface area contributed by atoms with Crippen molar-refractivity contribution in [3.05, 3.63) is 41.7 Å². The summed E-state index contributed by atoms with van der Waals surface area (Å²) >= 11 is 0. The molecule has 2 aromatic heterocycles. The number of aromatic amines is 1. The minimum atomic E-state index is -2.75. The van der Waals surface area contributed by atoms with E-state index in [1.165, 1.54) is 25.4 Å². The molecule has 2 rings (SSSR count). The van der Waals surface area contributed by atoms with Crippen LogP contribution in [-0.2, 0) is 11.3 Å². The van der Waals surface area contributed by atoms with Crippen molar-refractivity contribution in [2.24, 2.45) is 0 Å². The van der Waals surface area contributed by atoms with Gasteiger partial charge in [-0.1, -0.05) is 0 Å². The SMILES string of the molecule is CC(=O)c1c[nH]c(C(=O)OCc2nccn2C(F)F)c1. The molecule has 0 aliphatic carbocycles. The number of Topliss-reactive ketones (excluding diaryl/α,β-unsaturated/α-hetero) is 1. The Morgan fingerprint density at radius 1 is 1.50 bits per heavy atom. The summed E-state index contributed by atoms with van der Waals surface area (Å²) in [6, 6.07) is 1.34. The number of carbonyl (C=O) groups excluding carboxylic acids is 2. The molecular formula is C12H11F2N3O3. The van der Waals surface area contributed by atoms with E-state index in [0.29, 0.717) is 10.1 Å². The highest BCUT2D eigenvalue weighted by Crippen LogP contribution is 2.14. The number of nitrogens with zero attached hydrogens (tertiary/aromatic N) is 2. The molecule has 0 spiro atoms. The van der Waals surface area contributed by atoms with Crippen molar-refractivity contribution in [2.75, 3.05) is 0 Å². The van der Waals surface area contributed by atoms with E-state index in [9.17, 15) is 18.4 Å². The maximum atomic E-state index is 12.5. The molecule has 1 N–H and O–H groups in total. The number of esters is 1. The summed E-state index contributed by atoms with van der Waals surface area (Å²) in [7, 11) is 0. The molecule has 0 atom stereocenters. The first-order chi connectivity index (χ1) is 9.49. The van der Waals surface area contributed by atoms with Crippen LogP contribution in [0.1, 0.15) is 40.1 Å². The van der Waals surface area contributed by atoms with Crippen molar-refractivity contribution in [2.45, 2.75) is 20.1 Å². The molecule has 0 aliphatic heterocycles. The summed E-state index contributed by atoms with van der Waals surface area (Å²) < 4.78 is 30.5. The number of ketones is 1. The maximum Gasteiger partial charge on any atom is 0.355 e. The maximum absolute atomic E-state index is 12.5. The first-order valence-electron chi connectivity index (χ1n) is 5.65. The van der Waals surface area contributed by atoms with Gasteiger partial charge in [-0.2, -0.15) is 8.78 Å². The van der Waals surface area contributed by atoms with E-state index in [0.717, 1.165) is 6.20 Å². The number of alkyl halides is 2. The molecule has 106 valence electrons. The van der Waals surface area contributed by atoms with Gasteiger partial charge in [-0.05, 0) is 13.0 Å². The highest BCUT2D eigenvalue weighted by Gasteiger charge is 2.15. The van der Waals surface area contributed by atoms with Crippen LogP contribution >= 0.6 is 0 Å². The molecule has 0 fully saturated rings. The van der Waals surface area contributed by atoms with Crippen LogP contribution in [0.2, 0.25) is 0 Å². The molecule has 0 unspecified atom stereocenters. The van der Waals surface area contributed by atoms with E-state index in [4.69, 9.17) is 4.74 Å². The quantitative estimate of drug-likeness (QED) is 0.674. The molecule has 0 aromatic carbocycles. The second kappa shape index (κ2) is 5.64. The van der Waals surface area contributed by atoms with E-state index in [1.807, 2.05) is 0 Å². The topological polar surface area (TPSA) is 77.0 Å². The molecule has 6 nitrogen and oxygen atoms in total. The molecule has 2 heterocycles. The van der Waals surface area contributed by atoms with Crippen molar-refractivity contribution < 1.29 is 23.1 Å². The van der Waals surface area contributed by atoms with Gasteiger partial charge >= 0.3 is 12.5 Å². The van der Waals surface area contributed by atoms with Crippen molar-refractivity contribution in [1.82, 2.24) is 14.5 Å². The first-order valence-corrected chi connectivity index (χ1v) is 5.65. The van der Waals surface area contributed by atoms with E-state index < -0.39 is 12.5 Å². The molecule has 0 amide bonds. The van der Waals surface area contributed by atoms with Crippen LogP contribution in [0.15, 0.2) is 24.7 Å². The van der Waals surface area contributed by atoms with Gasteiger partial charge in [0.2, 0.25) is 0 Å².